The van der Waals surface area contributed by atoms with Gasteiger partial charge in [-0.15, -0.1) is 0 Å². The van der Waals surface area contributed by atoms with Crippen molar-refractivity contribution in [3.8, 4) is 5.75 Å². The molecule has 0 bridgehead atoms. The second-order valence-electron chi connectivity index (χ2n) is 6.09. The Kier molecular flexibility index (Phi) is 5.63. The van der Waals surface area contributed by atoms with Crippen LogP contribution >= 0.6 is 0 Å². The van der Waals surface area contributed by atoms with Gasteiger partial charge in [0.25, 0.3) is 5.69 Å². The zero-order chi connectivity index (χ0) is 17.6. The van der Waals surface area contributed by atoms with Gasteiger partial charge < -0.3 is 14.8 Å². The lowest BCUT2D eigenvalue weighted by Gasteiger charge is -2.33. The van der Waals surface area contributed by atoms with Crippen molar-refractivity contribution >= 4 is 5.69 Å². The van der Waals surface area contributed by atoms with Gasteiger partial charge in [-0.3, -0.25) is 10.1 Å². The predicted molar refractivity (Wildman–Crippen MR) is 94.6 cm³/mol. The first kappa shape index (κ1) is 17.4. The number of rotatable bonds is 6. The van der Waals surface area contributed by atoms with Crippen molar-refractivity contribution in [3.05, 3.63) is 69.8 Å². The normalized spacial score (nSPS) is 20.2. The molecule has 6 heteroatoms. The number of nitrogens with zero attached hydrogens (tertiary/aromatic N) is 1. The maximum absolute atomic E-state index is 11.0. The van der Waals surface area contributed by atoms with E-state index in [0.717, 1.165) is 19.4 Å². The van der Waals surface area contributed by atoms with Crippen LogP contribution in [0.5, 0.6) is 5.75 Å². The Balaban J connectivity index is 1.75. The molecule has 0 aliphatic carbocycles. The van der Waals surface area contributed by atoms with Gasteiger partial charge in [0.1, 0.15) is 5.75 Å². The molecule has 132 valence electrons. The molecule has 0 saturated carbocycles. The first-order chi connectivity index (χ1) is 12.2. The highest BCUT2D eigenvalue weighted by molar-refractivity contribution is 5.43. The highest BCUT2D eigenvalue weighted by Crippen LogP contribution is 2.29. The Morgan fingerprint density at radius 3 is 2.76 bits per heavy atom. The van der Waals surface area contributed by atoms with Gasteiger partial charge in [-0.2, -0.15) is 0 Å². The number of benzene rings is 2. The van der Waals surface area contributed by atoms with Gasteiger partial charge in [0.05, 0.1) is 30.8 Å². The topological polar surface area (TPSA) is 73.6 Å². The van der Waals surface area contributed by atoms with Crippen molar-refractivity contribution in [1.29, 1.82) is 0 Å². The van der Waals surface area contributed by atoms with Gasteiger partial charge in [-0.25, -0.2) is 0 Å². The molecule has 1 N–H and O–H groups in total. The van der Waals surface area contributed by atoms with Gasteiger partial charge in [0.15, 0.2) is 0 Å². The second kappa shape index (κ2) is 8.09. The summed E-state index contributed by atoms with van der Waals surface area (Å²) in [5.41, 5.74) is 1.92. The Morgan fingerprint density at radius 1 is 1.24 bits per heavy atom. The molecule has 0 aromatic heterocycles. The van der Waals surface area contributed by atoms with E-state index in [0.29, 0.717) is 11.3 Å². The van der Waals surface area contributed by atoms with Crippen LogP contribution in [0.3, 0.4) is 0 Å². The molecule has 2 aromatic carbocycles. The Morgan fingerprint density at radius 2 is 2.04 bits per heavy atom. The van der Waals surface area contributed by atoms with E-state index in [-0.39, 0.29) is 24.4 Å². The predicted octanol–water partition coefficient (Wildman–Crippen LogP) is 3.61. The molecule has 0 spiro atoms. The largest absolute Gasteiger partial charge is 0.496 e. The number of piperidine rings is 1. The molecule has 3 rings (SSSR count). The average Bonchev–Trinajstić information content (AvgIpc) is 2.67. The smallest absolute Gasteiger partial charge is 0.270 e. The lowest BCUT2D eigenvalue weighted by atomic mass is 9.94. The van der Waals surface area contributed by atoms with Crippen LogP contribution in [0.25, 0.3) is 0 Å². The van der Waals surface area contributed by atoms with Gasteiger partial charge >= 0.3 is 0 Å². The van der Waals surface area contributed by atoms with E-state index in [4.69, 9.17) is 9.47 Å². The summed E-state index contributed by atoms with van der Waals surface area (Å²) in [6.07, 6.45) is 2.00. The number of methoxy groups -OCH3 is 1. The minimum Gasteiger partial charge on any atom is -0.496 e. The number of nitrogens with one attached hydrogen (secondary N) is 1. The molecule has 2 atom stereocenters. The second-order valence-corrected chi connectivity index (χ2v) is 6.09. The molecule has 1 aliphatic heterocycles. The Labute approximate surface area is 146 Å². The zero-order valence-corrected chi connectivity index (χ0v) is 14.2. The molecule has 1 heterocycles. The number of hydrogen-bond donors (Lipinski definition) is 1. The van der Waals surface area contributed by atoms with Crippen LogP contribution in [0.15, 0.2) is 48.5 Å². The summed E-state index contributed by atoms with van der Waals surface area (Å²) >= 11 is 0. The van der Waals surface area contributed by atoms with Gasteiger partial charge in [0.2, 0.25) is 0 Å². The highest BCUT2D eigenvalue weighted by Gasteiger charge is 2.27. The summed E-state index contributed by atoms with van der Waals surface area (Å²) in [7, 11) is 1.56. The summed E-state index contributed by atoms with van der Waals surface area (Å²) < 4.78 is 11.5. The number of hydrogen-bond acceptors (Lipinski definition) is 5. The van der Waals surface area contributed by atoms with Crippen molar-refractivity contribution in [2.45, 2.75) is 31.6 Å². The first-order valence-electron chi connectivity index (χ1n) is 8.40. The van der Waals surface area contributed by atoms with Gasteiger partial charge in [-0.1, -0.05) is 30.3 Å². The molecule has 0 unspecified atom stereocenters. The lowest BCUT2D eigenvalue weighted by molar-refractivity contribution is -0.385. The third-order valence-corrected chi connectivity index (χ3v) is 4.49. The number of nitro groups is 1. The van der Waals surface area contributed by atoms with Gasteiger partial charge in [-0.05, 0) is 31.0 Å². The summed E-state index contributed by atoms with van der Waals surface area (Å²) in [5, 5.41) is 14.5. The zero-order valence-electron chi connectivity index (χ0n) is 14.2. The van der Waals surface area contributed by atoms with E-state index in [1.54, 1.807) is 13.2 Å². The molecular formula is C19H22N2O4. The average molecular weight is 342 g/mol. The fraction of sp³-hybridized carbons (Fsp3) is 0.368. The van der Waals surface area contributed by atoms with Gasteiger partial charge in [0, 0.05) is 17.7 Å². The SMILES string of the molecule is COc1ccc([N+](=O)[O-])cc1CO[C@H]1CCCN[C@H]1c1ccccc1. The number of ether oxygens (including phenoxy) is 2. The van der Waals surface area contributed by atoms with Crippen LogP contribution in [0.2, 0.25) is 0 Å². The number of nitro benzene ring substituents is 1. The molecule has 6 nitrogen and oxygen atoms in total. The van der Waals surface area contributed by atoms with Crippen molar-refractivity contribution in [3.63, 3.8) is 0 Å². The summed E-state index contributed by atoms with van der Waals surface area (Å²) in [6, 6.07) is 14.9. The molecule has 0 radical (unpaired) electrons. The minimum atomic E-state index is -0.405. The van der Waals surface area contributed by atoms with E-state index in [1.165, 1.54) is 17.7 Å². The summed E-state index contributed by atoms with van der Waals surface area (Å²) in [4.78, 5) is 10.6. The number of non-ortho nitro benzene ring substituents is 1. The van der Waals surface area contributed by atoms with E-state index in [1.807, 2.05) is 18.2 Å². The summed E-state index contributed by atoms with van der Waals surface area (Å²) in [5.74, 6) is 0.602. The highest BCUT2D eigenvalue weighted by atomic mass is 16.6. The quantitative estimate of drug-likeness (QED) is 0.641. The minimum absolute atomic E-state index is 0.0140. The lowest BCUT2D eigenvalue weighted by Crippen LogP contribution is -2.39. The first-order valence-corrected chi connectivity index (χ1v) is 8.40. The van der Waals surface area contributed by atoms with Crippen LogP contribution in [0, 0.1) is 10.1 Å². The fourth-order valence-electron chi connectivity index (χ4n) is 3.22. The Bertz CT molecular complexity index is 721. The molecule has 1 aliphatic rings. The fourth-order valence-corrected chi connectivity index (χ4v) is 3.22. The van der Waals surface area contributed by atoms with Crippen LogP contribution in [-0.2, 0) is 11.3 Å². The van der Waals surface area contributed by atoms with E-state index in [2.05, 4.69) is 17.4 Å². The maximum atomic E-state index is 11.0. The van der Waals surface area contributed by atoms with Crippen LogP contribution in [0.4, 0.5) is 5.69 Å². The van der Waals surface area contributed by atoms with Crippen LogP contribution in [0.1, 0.15) is 30.0 Å². The molecular weight excluding hydrogens is 320 g/mol. The Hall–Kier alpha value is -2.44. The monoisotopic (exact) mass is 342 g/mol. The molecule has 1 saturated heterocycles. The molecule has 25 heavy (non-hydrogen) atoms. The standard InChI is InChI=1S/C19H22N2O4/c1-24-17-10-9-16(21(22)23)12-15(17)13-25-18-8-5-11-20-19(18)14-6-3-2-4-7-14/h2-4,6-7,9-10,12,18-20H,5,8,11,13H2,1H3/t18-,19-/m0/s1. The third kappa shape index (κ3) is 4.15. The molecule has 2 aromatic rings. The van der Waals surface area contributed by atoms with Crippen molar-refractivity contribution in [2.24, 2.45) is 0 Å². The maximum Gasteiger partial charge on any atom is 0.270 e. The van der Waals surface area contributed by atoms with Crippen LogP contribution in [-0.4, -0.2) is 24.7 Å². The molecule has 0 amide bonds. The molecule has 1 fully saturated rings. The van der Waals surface area contributed by atoms with Crippen molar-refractivity contribution in [2.75, 3.05) is 13.7 Å². The van der Waals surface area contributed by atoms with Crippen molar-refractivity contribution < 1.29 is 14.4 Å². The van der Waals surface area contributed by atoms with Crippen molar-refractivity contribution in [1.82, 2.24) is 5.32 Å². The van der Waals surface area contributed by atoms with E-state index >= 15 is 0 Å². The van der Waals surface area contributed by atoms with E-state index < -0.39 is 4.92 Å². The van der Waals surface area contributed by atoms with Crippen LogP contribution < -0.4 is 10.1 Å². The summed E-state index contributed by atoms with van der Waals surface area (Å²) in [6.45, 7) is 1.24. The third-order valence-electron chi connectivity index (χ3n) is 4.49. The van der Waals surface area contributed by atoms with E-state index in [9.17, 15) is 10.1 Å².